The first-order valence-electron chi connectivity index (χ1n) is 2.53. The van der Waals surface area contributed by atoms with Crippen LogP contribution in [0.4, 0.5) is 0 Å². The average molecular weight is 294 g/mol. The predicted octanol–water partition coefficient (Wildman–Crippen LogP) is 2.27. The van der Waals surface area contributed by atoms with E-state index in [-0.39, 0.29) is 4.83 Å². The monoisotopic (exact) mass is 292 g/mol. The number of alkyl halides is 3. The third-order valence-electron chi connectivity index (χ3n) is 0.957. The molecule has 0 heterocycles. The molecule has 5 heteroatoms. The highest BCUT2D eigenvalue weighted by Crippen LogP contribution is 2.33. The highest BCUT2D eigenvalue weighted by Gasteiger charge is 2.38. The first-order chi connectivity index (χ1) is 4.42. The zero-order valence-electron chi connectivity index (χ0n) is 5.53. The van der Waals surface area contributed by atoms with Gasteiger partial charge >= 0.3 is 5.97 Å². The topological polar surface area (TPSA) is 26.3 Å². The maximum absolute atomic E-state index is 10.8. The van der Waals surface area contributed by atoms with Gasteiger partial charge in [-0.2, -0.15) is 0 Å². The number of carbonyl (C=O) groups excluding carboxylic acids is 1. The van der Waals surface area contributed by atoms with Crippen molar-refractivity contribution in [2.75, 3.05) is 7.11 Å². The summed E-state index contributed by atoms with van der Waals surface area (Å²) >= 11 is 11.9. The SMILES string of the molecule is COC(=O)C(Cl)(Br)C(C)Br. The summed E-state index contributed by atoms with van der Waals surface area (Å²) in [6.07, 6.45) is 0. The van der Waals surface area contributed by atoms with E-state index in [0.717, 1.165) is 0 Å². The smallest absolute Gasteiger partial charge is 0.339 e. The molecule has 0 saturated carbocycles. The van der Waals surface area contributed by atoms with Crippen molar-refractivity contribution in [1.82, 2.24) is 0 Å². The van der Waals surface area contributed by atoms with Crippen molar-refractivity contribution >= 4 is 49.4 Å². The fourth-order valence-corrected chi connectivity index (χ4v) is 0.724. The van der Waals surface area contributed by atoms with Gasteiger partial charge in [-0.1, -0.05) is 43.5 Å². The molecule has 0 aliphatic carbocycles. The Morgan fingerprint density at radius 3 is 2.30 bits per heavy atom. The maximum Gasteiger partial charge on any atom is 0.339 e. The largest absolute Gasteiger partial charge is 0.467 e. The molecule has 0 radical (unpaired) electrons. The molecule has 0 amide bonds. The normalized spacial score (nSPS) is 19.3. The summed E-state index contributed by atoms with van der Waals surface area (Å²) in [5.74, 6) is -0.501. The second kappa shape index (κ2) is 3.93. The lowest BCUT2D eigenvalue weighted by Crippen LogP contribution is -2.34. The summed E-state index contributed by atoms with van der Waals surface area (Å²) in [7, 11) is 1.29. The highest BCUT2D eigenvalue weighted by atomic mass is 79.9. The predicted molar refractivity (Wildman–Crippen MR) is 47.9 cm³/mol. The van der Waals surface area contributed by atoms with Crippen LogP contribution < -0.4 is 0 Å². The van der Waals surface area contributed by atoms with Gasteiger partial charge in [0.2, 0.25) is 3.78 Å². The molecular weight excluding hydrogens is 287 g/mol. The van der Waals surface area contributed by atoms with E-state index < -0.39 is 9.75 Å². The Balaban J connectivity index is 4.24. The van der Waals surface area contributed by atoms with Gasteiger partial charge in [0.1, 0.15) is 0 Å². The first kappa shape index (κ1) is 10.7. The van der Waals surface area contributed by atoms with E-state index in [9.17, 15) is 4.79 Å². The lowest BCUT2D eigenvalue weighted by atomic mass is 10.3. The number of rotatable bonds is 2. The van der Waals surface area contributed by atoms with E-state index in [0.29, 0.717) is 0 Å². The summed E-state index contributed by atoms with van der Waals surface area (Å²) in [6.45, 7) is 1.75. The fourth-order valence-electron chi connectivity index (χ4n) is 0.298. The van der Waals surface area contributed by atoms with Crippen LogP contribution >= 0.6 is 43.5 Å². The summed E-state index contributed by atoms with van der Waals surface area (Å²) < 4.78 is 3.28. The molecule has 0 aromatic rings. The summed E-state index contributed by atoms with van der Waals surface area (Å²) in [6, 6.07) is 0. The molecule has 2 atom stereocenters. The quantitative estimate of drug-likeness (QED) is 0.577. The van der Waals surface area contributed by atoms with Crippen molar-refractivity contribution in [3.63, 3.8) is 0 Å². The molecule has 0 bridgehead atoms. The number of esters is 1. The van der Waals surface area contributed by atoms with E-state index in [1.54, 1.807) is 6.92 Å². The first-order valence-corrected chi connectivity index (χ1v) is 4.62. The summed E-state index contributed by atoms with van der Waals surface area (Å²) in [5.41, 5.74) is 0. The number of ether oxygens (including phenoxy) is 1. The number of carbonyl (C=O) groups is 1. The summed E-state index contributed by atoms with van der Waals surface area (Å²) in [4.78, 5) is 10.7. The van der Waals surface area contributed by atoms with Crippen LogP contribution in [-0.2, 0) is 9.53 Å². The molecule has 0 N–H and O–H groups in total. The van der Waals surface area contributed by atoms with Gasteiger partial charge in [0.15, 0.2) is 0 Å². The van der Waals surface area contributed by atoms with Crippen molar-refractivity contribution in [2.45, 2.75) is 15.5 Å². The second-order valence-electron chi connectivity index (χ2n) is 1.73. The Bertz CT molecular complexity index is 136. The molecule has 0 aromatic carbocycles. The average Bonchev–Trinajstić information content (AvgIpc) is 1.86. The third-order valence-corrected chi connectivity index (χ3v) is 4.01. The highest BCUT2D eigenvalue weighted by molar-refractivity contribution is 9.13. The molecule has 0 aliphatic rings. The molecule has 0 spiro atoms. The lowest BCUT2D eigenvalue weighted by Gasteiger charge is -2.18. The molecule has 0 aromatic heterocycles. The van der Waals surface area contributed by atoms with Gasteiger partial charge in [-0.3, -0.25) is 0 Å². The minimum absolute atomic E-state index is 0.186. The fraction of sp³-hybridized carbons (Fsp3) is 0.800. The van der Waals surface area contributed by atoms with Gasteiger partial charge in [-0.05, 0) is 6.92 Å². The Hall–Kier alpha value is 0.720. The minimum Gasteiger partial charge on any atom is -0.467 e. The molecule has 2 unspecified atom stereocenters. The summed E-state index contributed by atoms with van der Waals surface area (Å²) in [5, 5.41) is 0. The standard InChI is InChI=1S/C5H7Br2ClO2/c1-3(6)5(7,8)4(9)10-2/h3H,1-2H3. The Labute approximate surface area is 81.5 Å². The van der Waals surface area contributed by atoms with Crippen LogP contribution in [0.15, 0.2) is 0 Å². The van der Waals surface area contributed by atoms with Crippen LogP contribution in [0.3, 0.4) is 0 Å². The second-order valence-corrected chi connectivity index (χ2v) is 5.41. The van der Waals surface area contributed by atoms with E-state index in [1.165, 1.54) is 7.11 Å². The number of methoxy groups -OCH3 is 1. The van der Waals surface area contributed by atoms with Crippen molar-refractivity contribution in [1.29, 1.82) is 0 Å². The van der Waals surface area contributed by atoms with Crippen LogP contribution in [0.25, 0.3) is 0 Å². The van der Waals surface area contributed by atoms with Crippen molar-refractivity contribution < 1.29 is 9.53 Å². The van der Waals surface area contributed by atoms with Gasteiger partial charge in [-0.25, -0.2) is 4.79 Å². The Kier molecular flexibility index (Phi) is 4.21. The Morgan fingerprint density at radius 1 is 1.80 bits per heavy atom. The molecular formula is C5H7Br2ClO2. The number of hydrogen-bond acceptors (Lipinski definition) is 2. The zero-order chi connectivity index (χ0) is 8.36. The zero-order valence-corrected chi connectivity index (χ0v) is 9.46. The van der Waals surface area contributed by atoms with Crippen LogP contribution in [0, 0.1) is 0 Å². The van der Waals surface area contributed by atoms with Crippen molar-refractivity contribution in [3.8, 4) is 0 Å². The molecule has 10 heavy (non-hydrogen) atoms. The van der Waals surface area contributed by atoms with Gasteiger partial charge in [-0.15, -0.1) is 0 Å². The van der Waals surface area contributed by atoms with Crippen LogP contribution in [-0.4, -0.2) is 21.7 Å². The lowest BCUT2D eigenvalue weighted by molar-refractivity contribution is -0.140. The number of hydrogen-bond donors (Lipinski definition) is 0. The van der Waals surface area contributed by atoms with Gasteiger partial charge in [0.05, 0.1) is 11.9 Å². The van der Waals surface area contributed by atoms with Crippen LogP contribution in [0.5, 0.6) is 0 Å². The molecule has 0 fully saturated rings. The number of halogens is 3. The minimum atomic E-state index is -1.15. The van der Waals surface area contributed by atoms with E-state index >= 15 is 0 Å². The Morgan fingerprint density at radius 2 is 2.20 bits per heavy atom. The molecule has 2 nitrogen and oxygen atoms in total. The third kappa shape index (κ3) is 2.40. The molecule has 0 aliphatic heterocycles. The molecule has 0 rings (SSSR count). The van der Waals surface area contributed by atoms with Crippen molar-refractivity contribution in [2.24, 2.45) is 0 Å². The van der Waals surface area contributed by atoms with Crippen LogP contribution in [0.1, 0.15) is 6.92 Å². The maximum atomic E-state index is 10.8. The molecule has 0 saturated heterocycles. The molecule has 60 valence electrons. The van der Waals surface area contributed by atoms with E-state index in [1.807, 2.05) is 0 Å². The van der Waals surface area contributed by atoms with E-state index in [2.05, 4.69) is 36.6 Å². The van der Waals surface area contributed by atoms with Gasteiger partial charge in [0, 0.05) is 0 Å². The van der Waals surface area contributed by atoms with Gasteiger partial charge in [0.25, 0.3) is 0 Å². The van der Waals surface area contributed by atoms with Crippen molar-refractivity contribution in [3.05, 3.63) is 0 Å². The van der Waals surface area contributed by atoms with E-state index in [4.69, 9.17) is 11.6 Å². The van der Waals surface area contributed by atoms with Gasteiger partial charge < -0.3 is 4.74 Å². The van der Waals surface area contributed by atoms with Crippen LogP contribution in [0.2, 0.25) is 0 Å².